The highest BCUT2D eigenvalue weighted by Crippen LogP contribution is 2.38. The highest BCUT2D eigenvalue weighted by molar-refractivity contribution is 6.32. The molecule has 29 heavy (non-hydrogen) atoms. The molecule has 1 unspecified atom stereocenters. The first kappa shape index (κ1) is 21.2. The van der Waals surface area contributed by atoms with Gasteiger partial charge in [0.05, 0.1) is 16.7 Å². The fraction of sp³-hybridized carbons (Fsp3) is 0.300. The van der Waals surface area contributed by atoms with Crippen LogP contribution in [0.15, 0.2) is 42.5 Å². The van der Waals surface area contributed by atoms with Crippen molar-refractivity contribution >= 4 is 23.5 Å². The molecule has 8 nitrogen and oxygen atoms in total. The second kappa shape index (κ2) is 8.48. The molecule has 5 atom stereocenters. The number of benzene rings is 2. The first-order valence-electron chi connectivity index (χ1n) is 8.74. The molecule has 0 radical (unpaired) electrons. The van der Waals surface area contributed by atoms with Crippen LogP contribution in [0, 0.1) is 0 Å². The minimum Gasteiger partial charge on any atom is -0.449 e. The van der Waals surface area contributed by atoms with Gasteiger partial charge in [0.2, 0.25) is 0 Å². The predicted octanol–water partition coefficient (Wildman–Crippen LogP) is 0.969. The van der Waals surface area contributed by atoms with Crippen molar-refractivity contribution in [1.29, 1.82) is 0 Å². The van der Waals surface area contributed by atoms with Crippen molar-refractivity contribution in [3.8, 4) is 5.75 Å². The number of carbonyl (C=O) groups excluding carboxylic acids is 2. The zero-order valence-electron chi connectivity index (χ0n) is 15.2. The molecular weight excluding hydrogens is 404 g/mol. The minimum absolute atomic E-state index is 0.00837. The van der Waals surface area contributed by atoms with Crippen molar-refractivity contribution in [2.45, 2.75) is 37.4 Å². The predicted molar refractivity (Wildman–Crippen MR) is 100 cm³/mol. The summed E-state index contributed by atoms with van der Waals surface area (Å²) in [5.41, 5.74) is 1.69. The molecule has 1 aliphatic rings. The number of hydrogen-bond donors (Lipinski definition) is 4. The molecule has 0 fully saturated rings. The van der Waals surface area contributed by atoms with Crippen LogP contribution in [0.5, 0.6) is 5.75 Å². The lowest BCUT2D eigenvalue weighted by atomic mass is 9.99. The van der Waals surface area contributed by atoms with Crippen LogP contribution in [-0.4, -0.2) is 56.8 Å². The maximum atomic E-state index is 12.0. The standard InChI is InChI=1S/C20H19ClO8/c1-9(22)15(23)16(24)17(25)20(27)28-14-7-6-10(8-13(14)21)18-11-4-2-3-5-12(11)19(26)29-18/h2-9,15-18,22-25H,1H3/t9-,15-,16+,17-,18?/m1/s1. The quantitative estimate of drug-likeness (QED) is 0.399. The Bertz CT molecular complexity index is 928. The van der Waals surface area contributed by atoms with Crippen molar-refractivity contribution in [1.82, 2.24) is 0 Å². The van der Waals surface area contributed by atoms with E-state index in [4.69, 9.17) is 21.1 Å². The van der Waals surface area contributed by atoms with E-state index in [1.807, 2.05) is 0 Å². The smallest absolute Gasteiger partial charge is 0.343 e. The van der Waals surface area contributed by atoms with E-state index in [1.54, 1.807) is 30.3 Å². The van der Waals surface area contributed by atoms with Crippen LogP contribution in [-0.2, 0) is 9.53 Å². The van der Waals surface area contributed by atoms with Crippen LogP contribution in [0.4, 0.5) is 0 Å². The number of rotatable bonds is 6. The van der Waals surface area contributed by atoms with Crippen LogP contribution in [0.3, 0.4) is 0 Å². The molecule has 2 aromatic rings. The molecule has 0 saturated heterocycles. The Hall–Kier alpha value is -2.49. The number of aliphatic hydroxyl groups excluding tert-OH is 4. The summed E-state index contributed by atoms with van der Waals surface area (Å²) in [6.07, 6.45) is -7.82. The summed E-state index contributed by atoms with van der Waals surface area (Å²) in [5.74, 6) is -1.81. The van der Waals surface area contributed by atoms with Gasteiger partial charge >= 0.3 is 11.9 Å². The highest BCUT2D eigenvalue weighted by Gasteiger charge is 2.35. The van der Waals surface area contributed by atoms with E-state index in [-0.39, 0.29) is 10.8 Å². The monoisotopic (exact) mass is 422 g/mol. The number of hydrogen-bond acceptors (Lipinski definition) is 8. The van der Waals surface area contributed by atoms with Gasteiger partial charge in [0.15, 0.2) is 12.2 Å². The van der Waals surface area contributed by atoms with Gasteiger partial charge in [-0.3, -0.25) is 0 Å². The minimum atomic E-state index is -2.10. The van der Waals surface area contributed by atoms with Crippen molar-refractivity contribution < 1.29 is 39.5 Å². The van der Waals surface area contributed by atoms with Gasteiger partial charge in [0, 0.05) is 5.56 Å². The fourth-order valence-electron chi connectivity index (χ4n) is 2.94. The van der Waals surface area contributed by atoms with Crippen LogP contribution >= 0.6 is 11.6 Å². The lowest BCUT2D eigenvalue weighted by Crippen LogP contribution is -2.48. The maximum Gasteiger partial charge on any atom is 0.343 e. The Morgan fingerprint density at radius 2 is 1.79 bits per heavy atom. The Labute approximate surface area is 170 Å². The molecule has 1 aliphatic heterocycles. The van der Waals surface area contributed by atoms with Gasteiger partial charge in [-0.25, -0.2) is 9.59 Å². The summed E-state index contributed by atoms with van der Waals surface area (Å²) in [6.45, 7) is 1.19. The van der Waals surface area contributed by atoms with Crippen molar-refractivity contribution in [2.24, 2.45) is 0 Å². The van der Waals surface area contributed by atoms with Crippen molar-refractivity contribution in [3.63, 3.8) is 0 Å². The third-order valence-corrected chi connectivity index (χ3v) is 4.86. The van der Waals surface area contributed by atoms with Gasteiger partial charge in [0.1, 0.15) is 18.0 Å². The summed E-state index contributed by atoms with van der Waals surface area (Å²) in [6, 6.07) is 11.3. The topological polar surface area (TPSA) is 134 Å². The molecule has 1 heterocycles. The normalized spacial score (nSPS) is 19.7. The molecule has 4 N–H and O–H groups in total. The first-order valence-corrected chi connectivity index (χ1v) is 9.11. The number of fused-ring (bicyclic) bond motifs is 1. The van der Waals surface area contributed by atoms with E-state index in [9.17, 15) is 30.0 Å². The third-order valence-electron chi connectivity index (χ3n) is 4.57. The molecule has 2 aromatic carbocycles. The second-order valence-electron chi connectivity index (χ2n) is 6.65. The molecule has 0 saturated carbocycles. The number of esters is 2. The van der Waals surface area contributed by atoms with Gasteiger partial charge in [-0.05, 0) is 30.7 Å². The zero-order valence-corrected chi connectivity index (χ0v) is 16.0. The van der Waals surface area contributed by atoms with Gasteiger partial charge in [-0.1, -0.05) is 35.9 Å². The summed E-state index contributed by atoms with van der Waals surface area (Å²) in [7, 11) is 0. The molecule has 0 aromatic heterocycles. The Morgan fingerprint density at radius 3 is 2.45 bits per heavy atom. The number of aliphatic hydroxyl groups is 4. The van der Waals surface area contributed by atoms with Crippen molar-refractivity contribution in [2.75, 3.05) is 0 Å². The number of cyclic esters (lactones) is 1. The lowest BCUT2D eigenvalue weighted by Gasteiger charge is -2.23. The Morgan fingerprint density at radius 1 is 1.10 bits per heavy atom. The van der Waals surface area contributed by atoms with E-state index >= 15 is 0 Å². The molecular formula is C20H19ClO8. The van der Waals surface area contributed by atoms with Gasteiger partial charge in [-0.2, -0.15) is 0 Å². The number of ether oxygens (including phenoxy) is 2. The molecule has 0 spiro atoms. The summed E-state index contributed by atoms with van der Waals surface area (Å²) in [5, 5.41) is 38.4. The molecule has 154 valence electrons. The zero-order chi connectivity index (χ0) is 21.3. The van der Waals surface area contributed by atoms with Gasteiger partial charge in [-0.15, -0.1) is 0 Å². The summed E-state index contributed by atoms with van der Waals surface area (Å²) < 4.78 is 10.4. The third kappa shape index (κ3) is 4.26. The Balaban J connectivity index is 1.76. The summed E-state index contributed by atoms with van der Waals surface area (Å²) in [4.78, 5) is 24.0. The van der Waals surface area contributed by atoms with Crippen LogP contribution < -0.4 is 4.74 Å². The number of halogens is 1. The molecule has 0 amide bonds. The van der Waals surface area contributed by atoms with E-state index in [0.29, 0.717) is 16.7 Å². The van der Waals surface area contributed by atoms with Crippen LogP contribution in [0.25, 0.3) is 0 Å². The maximum absolute atomic E-state index is 12.0. The average Bonchev–Trinajstić information content (AvgIpc) is 3.04. The Kier molecular flexibility index (Phi) is 6.21. The largest absolute Gasteiger partial charge is 0.449 e. The van der Waals surface area contributed by atoms with Crippen LogP contribution in [0.1, 0.15) is 34.5 Å². The molecule has 9 heteroatoms. The lowest BCUT2D eigenvalue weighted by molar-refractivity contribution is -0.159. The van der Waals surface area contributed by atoms with E-state index < -0.39 is 42.5 Å². The van der Waals surface area contributed by atoms with Gasteiger partial charge < -0.3 is 29.9 Å². The molecule has 3 rings (SSSR count). The average molecular weight is 423 g/mol. The molecule has 0 bridgehead atoms. The second-order valence-corrected chi connectivity index (χ2v) is 7.06. The number of carbonyl (C=O) groups is 2. The van der Waals surface area contributed by atoms with Gasteiger partial charge in [0.25, 0.3) is 0 Å². The van der Waals surface area contributed by atoms with E-state index in [0.717, 1.165) is 0 Å². The van der Waals surface area contributed by atoms with E-state index in [2.05, 4.69) is 0 Å². The molecule has 0 aliphatic carbocycles. The van der Waals surface area contributed by atoms with E-state index in [1.165, 1.54) is 19.1 Å². The highest BCUT2D eigenvalue weighted by atomic mass is 35.5. The SMILES string of the molecule is C[C@@H](O)[C@@H](O)[C@H](O)[C@@H](O)C(=O)Oc1ccc(C2OC(=O)c3ccccc32)cc1Cl. The first-order chi connectivity index (χ1) is 13.7. The fourth-order valence-corrected chi connectivity index (χ4v) is 3.16. The summed E-state index contributed by atoms with van der Waals surface area (Å²) >= 11 is 6.16. The van der Waals surface area contributed by atoms with Crippen molar-refractivity contribution in [3.05, 3.63) is 64.2 Å². The van der Waals surface area contributed by atoms with Crippen LogP contribution in [0.2, 0.25) is 5.02 Å².